The van der Waals surface area contributed by atoms with Crippen LogP contribution in [0, 0.1) is 4.91 Å². The normalized spacial score (nSPS) is 9.08. The van der Waals surface area contributed by atoms with E-state index in [2.05, 4.69) is 10.5 Å². The third-order valence-electron chi connectivity index (χ3n) is 1.14. The van der Waals surface area contributed by atoms with Crippen LogP contribution in [0.15, 0.2) is 5.18 Å². The van der Waals surface area contributed by atoms with Gasteiger partial charge in [0.05, 0.1) is 0 Å². The molecule has 2 N–H and O–H groups in total. The van der Waals surface area contributed by atoms with Crippen molar-refractivity contribution in [2.75, 3.05) is 13.2 Å². The Balaban J connectivity index is 3.27. The number of rotatable bonds is 5. The number of hydrogen-bond acceptors (Lipinski definition) is 4. The zero-order valence-electron chi connectivity index (χ0n) is 6.45. The topological polar surface area (TPSA) is 95.8 Å². The van der Waals surface area contributed by atoms with Gasteiger partial charge in [-0.05, 0) is 6.42 Å². The molecule has 0 aromatic carbocycles. The first-order chi connectivity index (χ1) is 5.70. The molecule has 0 aromatic heterocycles. The van der Waals surface area contributed by atoms with Gasteiger partial charge in [0.15, 0.2) is 0 Å². The van der Waals surface area contributed by atoms with E-state index in [1.165, 1.54) is 0 Å². The standard InChI is InChI=1S/C6H10N2O4/c9-4-6(11)7-3-1-2-5(10)8-12/h9H,1-4H2,(H,7,11). The molecule has 0 saturated carbocycles. The van der Waals surface area contributed by atoms with E-state index in [0.717, 1.165) is 0 Å². The third-order valence-corrected chi connectivity index (χ3v) is 1.14. The molecule has 0 heterocycles. The van der Waals surface area contributed by atoms with Crippen LogP contribution in [0.5, 0.6) is 0 Å². The van der Waals surface area contributed by atoms with E-state index in [1.54, 1.807) is 0 Å². The van der Waals surface area contributed by atoms with Gasteiger partial charge < -0.3 is 10.4 Å². The van der Waals surface area contributed by atoms with Gasteiger partial charge in [-0.25, -0.2) is 0 Å². The molecule has 0 aromatic rings. The lowest BCUT2D eigenvalue weighted by Crippen LogP contribution is -2.27. The van der Waals surface area contributed by atoms with Crippen LogP contribution in [0.1, 0.15) is 12.8 Å². The van der Waals surface area contributed by atoms with E-state index < -0.39 is 18.4 Å². The smallest absolute Gasteiger partial charge is 0.286 e. The minimum Gasteiger partial charge on any atom is -0.387 e. The summed E-state index contributed by atoms with van der Waals surface area (Å²) >= 11 is 0. The maximum Gasteiger partial charge on any atom is 0.286 e. The third kappa shape index (κ3) is 5.48. The summed E-state index contributed by atoms with van der Waals surface area (Å²) in [6.45, 7) is -0.305. The number of carbonyl (C=O) groups excluding carboxylic acids is 2. The molecule has 0 aliphatic carbocycles. The number of aliphatic hydroxyl groups excluding tert-OH is 1. The number of aliphatic hydroxyl groups is 1. The molecule has 0 atom stereocenters. The Hall–Kier alpha value is -1.30. The predicted octanol–water partition coefficient (Wildman–Crippen LogP) is -0.832. The minimum absolute atomic E-state index is 0.0230. The van der Waals surface area contributed by atoms with Gasteiger partial charge in [0.1, 0.15) is 6.61 Å². The summed E-state index contributed by atoms with van der Waals surface area (Å²) in [4.78, 5) is 30.2. The molecule has 0 unspecified atom stereocenters. The molecule has 12 heavy (non-hydrogen) atoms. The highest BCUT2D eigenvalue weighted by molar-refractivity contribution is 5.77. The monoisotopic (exact) mass is 174 g/mol. The summed E-state index contributed by atoms with van der Waals surface area (Å²) in [5.74, 6) is -1.23. The Bertz CT molecular complexity index is 180. The van der Waals surface area contributed by atoms with Crippen molar-refractivity contribution in [3.8, 4) is 0 Å². The number of amides is 2. The maximum atomic E-state index is 10.4. The van der Waals surface area contributed by atoms with Crippen molar-refractivity contribution in [2.24, 2.45) is 5.18 Å². The molecular formula is C6H10N2O4. The molecule has 0 bridgehead atoms. The Morgan fingerprint density at radius 1 is 1.42 bits per heavy atom. The number of carbonyl (C=O) groups is 2. The van der Waals surface area contributed by atoms with Gasteiger partial charge in [0.2, 0.25) is 5.91 Å². The molecule has 6 nitrogen and oxygen atoms in total. The predicted molar refractivity (Wildman–Crippen MR) is 40.1 cm³/mol. The van der Waals surface area contributed by atoms with E-state index in [-0.39, 0.29) is 13.0 Å². The van der Waals surface area contributed by atoms with Crippen LogP contribution < -0.4 is 5.32 Å². The van der Waals surface area contributed by atoms with E-state index in [1.807, 2.05) is 0 Å². The molecule has 0 fully saturated rings. The summed E-state index contributed by atoms with van der Waals surface area (Å²) in [6, 6.07) is 0. The fraction of sp³-hybridized carbons (Fsp3) is 0.667. The highest BCUT2D eigenvalue weighted by Crippen LogP contribution is 1.89. The Morgan fingerprint density at radius 3 is 2.58 bits per heavy atom. The van der Waals surface area contributed by atoms with E-state index in [9.17, 15) is 14.5 Å². The second-order valence-corrected chi connectivity index (χ2v) is 2.10. The van der Waals surface area contributed by atoms with Crippen molar-refractivity contribution < 1.29 is 14.7 Å². The highest BCUT2D eigenvalue weighted by atomic mass is 16.3. The van der Waals surface area contributed by atoms with Gasteiger partial charge in [0.25, 0.3) is 5.91 Å². The van der Waals surface area contributed by atoms with Crippen molar-refractivity contribution in [3.05, 3.63) is 4.91 Å². The molecule has 68 valence electrons. The summed E-state index contributed by atoms with van der Waals surface area (Å²) in [6.07, 6.45) is 0.380. The van der Waals surface area contributed by atoms with Crippen molar-refractivity contribution in [1.29, 1.82) is 0 Å². The number of hydrogen-bond donors (Lipinski definition) is 2. The van der Waals surface area contributed by atoms with Crippen molar-refractivity contribution in [3.63, 3.8) is 0 Å². The number of nitroso groups, excluding NO2 is 1. The quantitative estimate of drug-likeness (QED) is 0.420. The average molecular weight is 174 g/mol. The average Bonchev–Trinajstić information content (AvgIpc) is 2.11. The molecule has 2 amide bonds. The fourth-order valence-corrected chi connectivity index (χ4v) is 0.569. The van der Waals surface area contributed by atoms with E-state index in [4.69, 9.17) is 5.11 Å². The van der Waals surface area contributed by atoms with Gasteiger partial charge in [-0.1, -0.05) is 0 Å². The van der Waals surface area contributed by atoms with Crippen molar-refractivity contribution in [1.82, 2.24) is 5.32 Å². The van der Waals surface area contributed by atoms with Crippen LogP contribution in [0.3, 0.4) is 0 Å². The maximum absolute atomic E-state index is 10.4. The van der Waals surface area contributed by atoms with Crippen LogP contribution in [0.2, 0.25) is 0 Å². The summed E-state index contributed by atoms with van der Waals surface area (Å²) in [7, 11) is 0. The highest BCUT2D eigenvalue weighted by Gasteiger charge is 2.00. The van der Waals surface area contributed by atoms with Crippen molar-refractivity contribution >= 4 is 11.8 Å². The van der Waals surface area contributed by atoms with Crippen molar-refractivity contribution in [2.45, 2.75) is 12.8 Å². The first kappa shape index (κ1) is 10.7. The van der Waals surface area contributed by atoms with Crippen LogP contribution in [0.25, 0.3) is 0 Å². The molecular weight excluding hydrogens is 164 g/mol. The van der Waals surface area contributed by atoms with E-state index in [0.29, 0.717) is 6.42 Å². The zero-order valence-corrected chi connectivity index (χ0v) is 6.45. The Kier molecular flexibility index (Phi) is 5.72. The fourth-order valence-electron chi connectivity index (χ4n) is 0.569. The molecule has 0 aliphatic heterocycles. The van der Waals surface area contributed by atoms with Crippen LogP contribution in [-0.4, -0.2) is 30.1 Å². The first-order valence-corrected chi connectivity index (χ1v) is 3.44. The molecule has 0 aliphatic rings. The molecule has 0 saturated heterocycles. The van der Waals surface area contributed by atoms with Gasteiger partial charge in [-0.2, -0.15) is 0 Å². The van der Waals surface area contributed by atoms with E-state index >= 15 is 0 Å². The number of nitrogens with zero attached hydrogens (tertiary/aromatic N) is 1. The van der Waals surface area contributed by atoms with Gasteiger partial charge in [-0.15, -0.1) is 4.91 Å². The summed E-state index contributed by atoms with van der Waals surface area (Å²) < 4.78 is 0. The molecule has 0 rings (SSSR count). The van der Waals surface area contributed by atoms with Crippen LogP contribution in [0.4, 0.5) is 0 Å². The minimum atomic E-state index is -0.728. The molecule has 6 heteroatoms. The van der Waals surface area contributed by atoms with Crippen LogP contribution >= 0.6 is 0 Å². The zero-order chi connectivity index (χ0) is 9.40. The molecule has 0 radical (unpaired) electrons. The first-order valence-electron chi connectivity index (χ1n) is 3.44. The van der Waals surface area contributed by atoms with Crippen LogP contribution in [-0.2, 0) is 9.59 Å². The summed E-state index contributed by atoms with van der Waals surface area (Å²) in [5.41, 5.74) is 0. The summed E-state index contributed by atoms with van der Waals surface area (Å²) in [5, 5.41) is 12.7. The Morgan fingerprint density at radius 2 is 2.08 bits per heavy atom. The largest absolute Gasteiger partial charge is 0.387 e. The lowest BCUT2D eigenvalue weighted by molar-refractivity contribution is -0.124. The SMILES string of the molecule is O=NC(=O)CCCNC(=O)CO. The second-order valence-electron chi connectivity index (χ2n) is 2.10. The second kappa shape index (κ2) is 6.41. The molecule has 0 spiro atoms. The Labute approximate surface area is 68.9 Å². The van der Waals surface area contributed by atoms with Gasteiger partial charge >= 0.3 is 0 Å². The van der Waals surface area contributed by atoms with Gasteiger partial charge in [0, 0.05) is 18.1 Å². The lowest BCUT2D eigenvalue weighted by atomic mass is 10.3. The van der Waals surface area contributed by atoms with Gasteiger partial charge in [-0.3, -0.25) is 9.59 Å². The lowest BCUT2D eigenvalue weighted by Gasteiger charge is -1.99. The number of nitrogens with one attached hydrogen (secondary N) is 1.